The largest absolute Gasteiger partial charge is 0.489 e. The van der Waals surface area contributed by atoms with Crippen molar-refractivity contribution in [2.24, 2.45) is 5.10 Å². The molecule has 0 heterocycles. The third kappa shape index (κ3) is 6.25. The molecule has 0 aromatic heterocycles. The van der Waals surface area contributed by atoms with E-state index < -0.39 is 11.7 Å². The van der Waals surface area contributed by atoms with E-state index in [0.29, 0.717) is 12.4 Å². The second kappa shape index (κ2) is 9.87. The Hall–Kier alpha value is -3.67. The summed E-state index contributed by atoms with van der Waals surface area (Å²) in [5.41, 5.74) is 4.22. The fourth-order valence-corrected chi connectivity index (χ4v) is 2.34. The zero-order valence-electron chi connectivity index (χ0n) is 15.0. The second-order valence-electron chi connectivity index (χ2n) is 5.89. The summed E-state index contributed by atoms with van der Waals surface area (Å²) < 4.78 is 24.0. The lowest BCUT2D eigenvalue weighted by molar-refractivity contribution is -0.123. The first-order chi connectivity index (χ1) is 13.7. The van der Waals surface area contributed by atoms with Crippen LogP contribution in [0.25, 0.3) is 0 Å². The van der Waals surface area contributed by atoms with Crippen LogP contribution in [-0.4, -0.2) is 18.7 Å². The molecule has 0 bridgehead atoms. The van der Waals surface area contributed by atoms with Crippen LogP contribution in [0.5, 0.6) is 11.5 Å². The third-order valence-corrected chi connectivity index (χ3v) is 3.68. The normalized spacial score (nSPS) is 10.6. The van der Waals surface area contributed by atoms with E-state index in [-0.39, 0.29) is 12.4 Å². The van der Waals surface area contributed by atoms with Crippen molar-refractivity contribution in [2.75, 3.05) is 6.61 Å². The summed E-state index contributed by atoms with van der Waals surface area (Å²) in [5, 5.41) is 3.90. The van der Waals surface area contributed by atoms with E-state index in [2.05, 4.69) is 10.5 Å². The van der Waals surface area contributed by atoms with Crippen LogP contribution in [0.3, 0.4) is 0 Å². The fourth-order valence-electron chi connectivity index (χ4n) is 2.34. The maximum Gasteiger partial charge on any atom is 0.277 e. The van der Waals surface area contributed by atoms with Crippen LogP contribution >= 0.6 is 0 Å². The molecule has 0 aliphatic rings. The van der Waals surface area contributed by atoms with Gasteiger partial charge in [-0.15, -0.1) is 0 Å². The topological polar surface area (TPSA) is 59.9 Å². The van der Waals surface area contributed by atoms with E-state index in [1.165, 1.54) is 24.4 Å². The SMILES string of the molecule is O=C(COc1cccc(F)c1)N/N=C\c1cccc(OCc2ccccc2)c1. The summed E-state index contributed by atoms with van der Waals surface area (Å²) in [5.74, 6) is 0.109. The minimum absolute atomic E-state index is 0.263. The molecule has 3 aromatic carbocycles. The maximum atomic E-state index is 13.1. The lowest BCUT2D eigenvalue weighted by Crippen LogP contribution is -2.24. The highest BCUT2D eigenvalue weighted by molar-refractivity contribution is 5.83. The van der Waals surface area contributed by atoms with E-state index in [1.54, 1.807) is 6.07 Å². The van der Waals surface area contributed by atoms with Crippen molar-refractivity contribution in [3.05, 3.63) is 95.8 Å². The molecule has 6 heteroatoms. The summed E-state index contributed by atoms with van der Waals surface area (Å²) in [4.78, 5) is 11.7. The highest BCUT2D eigenvalue weighted by atomic mass is 19.1. The summed E-state index contributed by atoms with van der Waals surface area (Å²) in [6, 6.07) is 22.8. The molecule has 3 aromatic rings. The Bertz CT molecular complexity index is 945. The highest BCUT2D eigenvalue weighted by Gasteiger charge is 2.02. The van der Waals surface area contributed by atoms with Gasteiger partial charge < -0.3 is 9.47 Å². The molecule has 0 atom stereocenters. The van der Waals surface area contributed by atoms with E-state index >= 15 is 0 Å². The van der Waals surface area contributed by atoms with E-state index in [1.807, 2.05) is 54.6 Å². The van der Waals surface area contributed by atoms with Gasteiger partial charge in [-0.2, -0.15) is 5.10 Å². The fraction of sp³-hybridized carbons (Fsp3) is 0.0909. The maximum absolute atomic E-state index is 13.1. The Balaban J connectivity index is 1.46. The first-order valence-electron chi connectivity index (χ1n) is 8.66. The molecule has 0 fully saturated rings. The number of halogens is 1. The van der Waals surface area contributed by atoms with Crippen LogP contribution in [0.4, 0.5) is 4.39 Å². The predicted octanol–water partition coefficient (Wildman–Crippen LogP) is 3.93. The van der Waals surface area contributed by atoms with Gasteiger partial charge in [0.2, 0.25) is 0 Å². The number of ether oxygens (including phenoxy) is 2. The first-order valence-corrected chi connectivity index (χ1v) is 8.66. The number of hydrazone groups is 1. The monoisotopic (exact) mass is 378 g/mol. The van der Waals surface area contributed by atoms with Gasteiger partial charge in [0.1, 0.15) is 23.9 Å². The summed E-state index contributed by atoms with van der Waals surface area (Å²) in [7, 11) is 0. The number of benzene rings is 3. The van der Waals surface area contributed by atoms with Crippen LogP contribution in [0, 0.1) is 5.82 Å². The number of hydrogen-bond donors (Lipinski definition) is 1. The lowest BCUT2D eigenvalue weighted by Gasteiger charge is -2.07. The Kier molecular flexibility index (Phi) is 6.73. The smallest absolute Gasteiger partial charge is 0.277 e. The second-order valence-corrected chi connectivity index (χ2v) is 5.89. The lowest BCUT2D eigenvalue weighted by atomic mass is 10.2. The molecule has 0 saturated carbocycles. The van der Waals surface area contributed by atoms with Crippen LogP contribution in [0.2, 0.25) is 0 Å². The Labute approximate surface area is 162 Å². The van der Waals surface area contributed by atoms with Gasteiger partial charge in [0.25, 0.3) is 5.91 Å². The zero-order valence-corrected chi connectivity index (χ0v) is 15.0. The molecule has 0 saturated heterocycles. The van der Waals surface area contributed by atoms with E-state index in [9.17, 15) is 9.18 Å². The first kappa shape index (κ1) is 19.1. The summed E-state index contributed by atoms with van der Waals surface area (Å²) >= 11 is 0. The molecule has 142 valence electrons. The quantitative estimate of drug-likeness (QED) is 0.477. The van der Waals surface area contributed by atoms with Gasteiger partial charge in [-0.3, -0.25) is 4.79 Å². The van der Waals surface area contributed by atoms with Crippen molar-refractivity contribution in [3.63, 3.8) is 0 Å². The highest BCUT2D eigenvalue weighted by Crippen LogP contribution is 2.14. The number of carbonyl (C=O) groups is 1. The molecule has 0 unspecified atom stereocenters. The van der Waals surface area contributed by atoms with Crippen molar-refractivity contribution in [2.45, 2.75) is 6.61 Å². The molecule has 1 N–H and O–H groups in total. The number of carbonyl (C=O) groups excluding carboxylic acids is 1. The minimum atomic E-state index is -0.447. The van der Waals surface area contributed by atoms with Gasteiger partial charge >= 0.3 is 0 Å². The van der Waals surface area contributed by atoms with Gasteiger partial charge in [0.15, 0.2) is 6.61 Å². The number of nitrogens with one attached hydrogen (secondary N) is 1. The molecule has 1 amide bonds. The molecule has 3 rings (SSSR count). The molecule has 5 nitrogen and oxygen atoms in total. The van der Waals surface area contributed by atoms with E-state index in [0.717, 1.165) is 11.1 Å². The molecule has 0 radical (unpaired) electrons. The van der Waals surface area contributed by atoms with Crippen LogP contribution in [-0.2, 0) is 11.4 Å². The number of rotatable bonds is 8. The van der Waals surface area contributed by atoms with Crippen molar-refractivity contribution in [1.82, 2.24) is 5.43 Å². The minimum Gasteiger partial charge on any atom is -0.489 e. The van der Waals surface area contributed by atoms with Gasteiger partial charge in [-0.1, -0.05) is 48.5 Å². The van der Waals surface area contributed by atoms with Crippen molar-refractivity contribution >= 4 is 12.1 Å². The summed E-state index contributed by atoms with van der Waals surface area (Å²) in [6.07, 6.45) is 1.51. The predicted molar refractivity (Wildman–Crippen MR) is 105 cm³/mol. The molecular weight excluding hydrogens is 359 g/mol. The Morgan fingerprint density at radius 1 is 0.929 bits per heavy atom. The van der Waals surface area contributed by atoms with Crippen molar-refractivity contribution < 1.29 is 18.7 Å². The zero-order chi connectivity index (χ0) is 19.6. The Morgan fingerprint density at radius 3 is 2.46 bits per heavy atom. The summed E-state index contributed by atoms with van der Waals surface area (Å²) in [6.45, 7) is 0.205. The van der Waals surface area contributed by atoms with Gasteiger partial charge in [0, 0.05) is 6.07 Å². The van der Waals surface area contributed by atoms with Crippen molar-refractivity contribution in [3.8, 4) is 11.5 Å². The van der Waals surface area contributed by atoms with Crippen LogP contribution in [0.1, 0.15) is 11.1 Å². The Morgan fingerprint density at radius 2 is 1.68 bits per heavy atom. The van der Waals surface area contributed by atoms with Gasteiger partial charge in [-0.25, -0.2) is 9.82 Å². The molecular formula is C22H19FN2O3. The molecule has 0 aliphatic heterocycles. The van der Waals surface area contributed by atoms with Crippen LogP contribution in [0.15, 0.2) is 84.0 Å². The van der Waals surface area contributed by atoms with E-state index in [4.69, 9.17) is 9.47 Å². The molecule has 0 aliphatic carbocycles. The average molecular weight is 378 g/mol. The third-order valence-electron chi connectivity index (χ3n) is 3.68. The standard InChI is InChI=1S/C22H19FN2O3/c23-19-9-5-11-21(13-19)28-16-22(26)25-24-14-18-8-4-10-20(12-18)27-15-17-6-2-1-3-7-17/h1-14H,15-16H2,(H,25,26)/b24-14-. The molecule has 28 heavy (non-hydrogen) atoms. The van der Waals surface area contributed by atoms with Crippen LogP contribution < -0.4 is 14.9 Å². The number of nitrogens with zero attached hydrogens (tertiary/aromatic N) is 1. The number of hydrogen-bond acceptors (Lipinski definition) is 4. The van der Waals surface area contributed by atoms with Gasteiger partial charge in [-0.05, 0) is 35.4 Å². The number of amides is 1. The average Bonchev–Trinajstić information content (AvgIpc) is 2.72. The molecule has 0 spiro atoms. The van der Waals surface area contributed by atoms with Crippen molar-refractivity contribution in [1.29, 1.82) is 0 Å². The van der Waals surface area contributed by atoms with Gasteiger partial charge in [0.05, 0.1) is 6.21 Å².